The first-order valence-electron chi connectivity index (χ1n) is 8.13. The lowest BCUT2D eigenvalue weighted by Gasteiger charge is -2.37. The molecule has 12 heteroatoms. The van der Waals surface area contributed by atoms with Gasteiger partial charge in [-0.3, -0.25) is 20.0 Å². The van der Waals surface area contributed by atoms with E-state index in [1.807, 2.05) is 0 Å². The minimum absolute atomic E-state index is 0.0210. The van der Waals surface area contributed by atoms with E-state index in [9.17, 15) is 33.8 Å². The Morgan fingerprint density at radius 3 is 1.92 bits per heavy atom. The first-order chi connectivity index (χ1) is 11.1. The van der Waals surface area contributed by atoms with Crippen LogP contribution >= 0.6 is 15.2 Å². The van der Waals surface area contributed by atoms with Crippen molar-refractivity contribution in [1.29, 1.82) is 0 Å². The van der Waals surface area contributed by atoms with Crippen LogP contribution in [0.4, 0.5) is 0 Å². The van der Waals surface area contributed by atoms with Crippen LogP contribution in [0.15, 0.2) is 0 Å². The summed E-state index contributed by atoms with van der Waals surface area (Å²) in [5.41, 5.74) is 5.18. The second kappa shape index (κ2) is 9.73. The molecule has 0 aromatic rings. The fourth-order valence-electron chi connectivity index (χ4n) is 2.72. The number of hydrogen-bond acceptors (Lipinski definition) is 6. The summed E-state index contributed by atoms with van der Waals surface area (Å²) < 4.78 is 23.3. The predicted molar refractivity (Wildman–Crippen MR) is 89.2 cm³/mol. The molecule has 1 rings (SSSR count). The summed E-state index contributed by atoms with van der Waals surface area (Å²) in [6, 6.07) is -1.48. The lowest BCUT2D eigenvalue weighted by atomic mass is 10.1. The fourth-order valence-corrected chi connectivity index (χ4v) is 5.27. The molecule has 1 heterocycles. The molecule has 24 heavy (non-hydrogen) atoms. The molecule has 8 N–H and O–H groups in total. The third kappa shape index (κ3) is 6.14. The van der Waals surface area contributed by atoms with E-state index >= 15 is 0 Å². The van der Waals surface area contributed by atoms with Gasteiger partial charge in [-0.1, -0.05) is 32.1 Å². The molecule has 0 amide bonds. The molecule has 0 aromatic heterocycles. The average Bonchev–Trinajstić information content (AvgIpc) is 2.46. The molecule has 1 fully saturated rings. The Labute approximate surface area is 141 Å². The van der Waals surface area contributed by atoms with Crippen molar-refractivity contribution < 1.29 is 33.8 Å². The third-order valence-electron chi connectivity index (χ3n) is 4.12. The number of aliphatic hydroxyl groups is 1. The van der Waals surface area contributed by atoms with E-state index in [0.717, 1.165) is 38.6 Å². The number of rotatable bonds is 3. The summed E-state index contributed by atoms with van der Waals surface area (Å²) in [6.07, 6.45) is 5.37. The van der Waals surface area contributed by atoms with Crippen LogP contribution in [0.2, 0.25) is 0 Å². The van der Waals surface area contributed by atoms with E-state index < -0.39 is 26.3 Å². The van der Waals surface area contributed by atoms with Gasteiger partial charge in [0.05, 0.1) is 6.04 Å². The van der Waals surface area contributed by atoms with Crippen LogP contribution < -0.4 is 16.2 Å². The molecule has 0 radical (unpaired) electrons. The van der Waals surface area contributed by atoms with Crippen molar-refractivity contribution >= 4 is 15.2 Å². The molecule has 1 saturated heterocycles. The van der Waals surface area contributed by atoms with E-state index in [4.69, 9.17) is 0 Å². The zero-order chi connectivity index (χ0) is 18.3. The Kier molecular flexibility index (Phi) is 8.99. The second-order valence-electron chi connectivity index (χ2n) is 6.06. The lowest BCUT2D eigenvalue weighted by Crippen LogP contribution is -2.55. The Hall–Kier alpha value is 0.140. The average molecular weight is 389 g/mol. The van der Waals surface area contributed by atoms with E-state index in [1.54, 1.807) is 0 Å². The minimum Gasteiger partial charge on any atom is -0.366 e. The van der Waals surface area contributed by atoms with Crippen molar-refractivity contribution in [1.82, 2.24) is 16.2 Å². The summed E-state index contributed by atoms with van der Waals surface area (Å²) in [7, 11) is -11.0. The van der Waals surface area contributed by atoms with Gasteiger partial charge in [0.25, 0.3) is 5.08 Å². The standard InChI is InChI=1S/C12H29N3O7P2/c16-12(23(17,18)19,24(20,21)22)11-7-5-3-1-2-4-6-8-13-9-10-14-15-11/h11,13-16H,1-10H2,(H2,17,18,19)(H2,20,21,22). The maximum atomic E-state index is 11.6. The Morgan fingerprint density at radius 1 is 0.792 bits per heavy atom. The van der Waals surface area contributed by atoms with Gasteiger partial charge in [-0.05, 0) is 19.4 Å². The molecular weight excluding hydrogens is 360 g/mol. The van der Waals surface area contributed by atoms with Gasteiger partial charge in [0, 0.05) is 13.1 Å². The van der Waals surface area contributed by atoms with Gasteiger partial charge >= 0.3 is 15.2 Å². The van der Waals surface area contributed by atoms with Gasteiger partial charge in [-0.2, -0.15) is 0 Å². The Bertz CT molecular complexity index is 432. The first-order valence-corrected chi connectivity index (χ1v) is 11.4. The van der Waals surface area contributed by atoms with Crippen LogP contribution in [-0.4, -0.2) is 55.4 Å². The number of hydrazine groups is 1. The summed E-state index contributed by atoms with van der Waals surface area (Å²) in [5, 5.41) is 9.99. The van der Waals surface area contributed by atoms with Crippen molar-refractivity contribution in [3.63, 3.8) is 0 Å². The Morgan fingerprint density at radius 2 is 1.33 bits per heavy atom. The third-order valence-corrected chi connectivity index (χ3v) is 8.03. The van der Waals surface area contributed by atoms with Gasteiger partial charge in [-0.25, -0.2) is 0 Å². The van der Waals surface area contributed by atoms with E-state index in [0.29, 0.717) is 19.5 Å². The molecule has 0 aromatic carbocycles. The zero-order valence-corrected chi connectivity index (χ0v) is 15.4. The van der Waals surface area contributed by atoms with Crippen LogP contribution in [0.25, 0.3) is 0 Å². The quantitative estimate of drug-likeness (QED) is 0.302. The number of hydrogen-bond donors (Lipinski definition) is 8. The molecule has 10 nitrogen and oxygen atoms in total. The van der Waals surface area contributed by atoms with Crippen LogP contribution in [-0.2, 0) is 9.13 Å². The van der Waals surface area contributed by atoms with Crippen molar-refractivity contribution in [2.75, 3.05) is 19.6 Å². The van der Waals surface area contributed by atoms with E-state index in [1.165, 1.54) is 0 Å². The minimum atomic E-state index is -5.50. The molecule has 1 unspecified atom stereocenters. The lowest BCUT2D eigenvalue weighted by molar-refractivity contribution is 0.0840. The highest BCUT2D eigenvalue weighted by Gasteiger charge is 2.64. The smallest absolute Gasteiger partial charge is 0.366 e. The van der Waals surface area contributed by atoms with Gasteiger partial charge < -0.3 is 30.0 Å². The maximum absolute atomic E-state index is 11.6. The van der Waals surface area contributed by atoms with Gasteiger partial charge in [0.2, 0.25) is 0 Å². The molecule has 144 valence electrons. The van der Waals surface area contributed by atoms with E-state index in [-0.39, 0.29) is 6.42 Å². The van der Waals surface area contributed by atoms with Crippen molar-refractivity contribution in [3.8, 4) is 0 Å². The van der Waals surface area contributed by atoms with E-state index in [2.05, 4.69) is 16.2 Å². The van der Waals surface area contributed by atoms with Crippen LogP contribution in [0.1, 0.15) is 44.9 Å². The summed E-state index contributed by atoms with van der Waals surface area (Å²) >= 11 is 0. The van der Waals surface area contributed by atoms with Gasteiger partial charge in [0.15, 0.2) is 0 Å². The fraction of sp³-hybridized carbons (Fsp3) is 1.00. The maximum Gasteiger partial charge on any atom is 0.371 e. The molecule has 1 aliphatic rings. The SMILES string of the molecule is O=P(O)(O)C(O)(C1CCCCCCCCNCCNN1)P(=O)(O)O. The second-order valence-corrected chi connectivity index (χ2v) is 9.95. The largest absolute Gasteiger partial charge is 0.371 e. The molecule has 0 spiro atoms. The molecule has 1 aliphatic heterocycles. The number of nitrogens with one attached hydrogen (secondary N) is 3. The topological polar surface area (TPSA) is 171 Å². The summed E-state index contributed by atoms with van der Waals surface area (Å²) in [4.78, 5) is 37.5. The van der Waals surface area contributed by atoms with Gasteiger partial charge in [0.1, 0.15) is 0 Å². The summed E-state index contributed by atoms with van der Waals surface area (Å²) in [5.74, 6) is 0. The highest BCUT2D eigenvalue weighted by molar-refractivity contribution is 7.72. The Balaban J connectivity index is 2.90. The first kappa shape index (κ1) is 22.2. The molecule has 1 atom stereocenters. The zero-order valence-electron chi connectivity index (χ0n) is 13.6. The van der Waals surface area contributed by atoms with Crippen molar-refractivity contribution in [2.45, 2.75) is 56.1 Å². The normalized spacial score (nSPS) is 24.3. The molecule has 0 aliphatic carbocycles. The molecule has 0 saturated carbocycles. The van der Waals surface area contributed by atoms with Crippen molar-refractivity contribution in [2.24, 2.45) is 0 Å². The monoisotopic (exact) mass is 389 g/mol. The highest BCUT2D eigenvalue weighted by atomic mass is 31.2. The van der Waals surface area contributed by atoms with Crippen LogP contribution in [0.3, 0.4) is 0 Å². The molecular formula is C12H29N3O7P2. The van der Waals surface area contributed by atoms with Crippen LogP contribution in [0.5, 0.6) is 0 Å². The van der Waals surface area contributed by atoms with Gasteiger partial charge in [-0.15, -0.1) is 0 Å². The highest BCUT2D eigenvalue weighted by Crippen LogP contribution is 2.69. The van der Waals surface area contributed by atoms with Crippen LogP contribution in [0, 0.1) is 0 Å². The van der Waals surface area contributed by atoms with Crippen molar-refractivity contribution in [3.05, 3.63) is 0 Å². The predicted octanol–water partition coefficient (Wildman–Crippen LogP) is -0.215. The molecule has 0 bridgehead atoms. The summed E-state index contributed by atoms with van der Waals surface area (Å²) in [6.45, 7) is 1.80.